The Kier molecular flexibility index (Phi) is 4.74. The summed E-state index contributed by atoms with van der Waals surface area (Å²) < 4.78 is 12.9. The van der Waals surface area contributed by atoms with Crippen molar-refractivity contribution in [3.05, 3.63) is 30.1 Å². The Morgan fingerprint density at radius 2 is 1.86 bits per heavy atom. The summed E-state index contributed by atoms with van der Waals surface area (Å²) in [7, 11) is 0. The van der Waals surface area contributed by atoms with Crippen LogP contribution in [0.25, 0.3) is 0 Å². The summed E-state index contributed by atoms with van der Waals surface area (Å²) in [4.78, 5) is 25.7. The Labute approximate surface area is 122 Å². The number of quaternary nitrogens is 1. The number of urea groups is 1. The van der Waals surface area contributed by atoms with Crippen molar-refractivity contribution in [2.24, 2.45) is 5.73 Å². The molecule has 6 nitrogen and oxygen atoms in total. The lowest BCUT2D eigenvalue weighted by Crippen LogP contribution is -3.19. The van der Waals surface area contributed by atoms with E-state index < -0.39 is 6.03 Å². The molecule has 1 saturated heterocycles. The summed E-state index contributed by atoms with van der Waals surface area (Å²) in [6.07, 6.45) is 0. The Morgan fingerprint density at radius 1 is 1.29 bits per heavy atom. The number of hydrogen-bond donors (Lipinski definition) is 3. The molecule has 1 heterocycles. The molecule has 0 bridgehead atoms. The maximum absolute atomic E-state index is 12.9. The van der Waals surface area contributed by atoms with Crippen LogP contribution in [-0.4, -0.2) is 44.2 Å². The first kappa shape index (κ1) is 15.2. The maximum atomic E-state index is 12.9. The number of primary amides is 1. The number of hydrogen-bond acceptors (Lipinski definition) is 3. The molecule has 0 spiro atoms. The molecule has 1 aromatic rings. The number of halogens is 1. The molecule has 1 aliphatic rings. The third kappa shape index (κ3) is 3.91. The van der Waals surface area contributed by atoms with E-state index >= 15 is 0 Å². The van der Waals surface area contributed by atoms with Crippen molar-refractivity contribution in [3.63, 3.8) is 0 Å². The number of rotatable bonds is 3. The van der Waals surface area contributed by atoms with E-state index in [9.17, 15) is 14.0 Å². The number of amides is 3. The molecule has 1 fully saturated rings. The topological polar surface area (TPSA) is 79.9 Å². The molecule has 4 N–H and O–H groups in total. The fourth-order valence-electron chi connectivity index (χ4n) is 2.55. The molecule has 0 aromatic heterocycles. The third-order valence-corrected chi connectivity index (χ3v) is 3.85. The molecule has 0 unspecified atom stereocenters. The van der Waals surface area contributed by atoms with Gasteiger partial charge < -0.3 is 15.5 Å². The number of nitrogens with two attached hydrogens (primary N) is 1. The number of carbonyl (C=O) groups excluding carboxylic acids is 2. The summed E-state index contributed by atoms with van der Waals surface area (Å²) in [6.45, 7) is 4.86. The highest BCUT2D eigenvalue weighted by atomic mass is 19.1. The van der Waals surface area contributed by atoms with Crippen LogP contribution >= 0.6 is 0 Å². The SMILES string of the molecule is C[C@H](C(=O)NC(N)=O)[NH+]1CCN(c2ccc(F)cc2)CC1. The fraction of sp³-hybridized carbons (Fsp3) is 0.429. The van der Waals surface area contributed by atoms with Crippen molar-refractivity contribution in [1.29, 1.82) is 0 Å². The van der Waals surface area contributed by atoms with Crippen LogP contribution in [0.1, 0.15) is 6.92 Å². The first-order valence-corrected chi connectivity index (χ1v) is 6.93. The van der Waals surface area contributed by atoms with Crippen LogP contribution in [0.5, 0.6) is 0 Å². The highest BCUT2D eigenvalue weighted by Gasteiger charge is 2.29. The summed E-state index contributed by atoms with van der Waals surface area (Å²) in [5.74, 6) is -0.604. The molecule has 7 heteroatoms. The van der Waals surface area contributed by atoms with Crippen LogP contribution in [0.15, 0.2) is 24.3 Å². The molecule has 2 rings (SSSR count). The number of anilines is 1. The van der Waals surface area contributed by atoms with Crippen molar-refractivity contribution in [2.75, 3.05) is 31.1 Å². The molecular weight excluding hydrogens is 275 g/mol. The predicted octanol–water partition coefficient (Wildman–Crippen LogP) is -0.886. The summed E-state index contributed by atoms with van der Waals surface area (Å²) in [5, 5.41) is 2.11. The zero-order valence-electron chi connectivity index (χ0n) is 11.9. The molecule has 21 heavy (non-hydrogen) atoms. The van der Waals surface area contributed by atoms with E-state index in [4.69, 9.17) is 5.73 Å². The number of carbonyl (C=O) groups is 2. The van der Waals surface area contributed by atoms with Crippen LogP contribution in [0.4, 0.5) is 14.9 Å². The molecule has 0 saturated carbocycles. The molecule has 3 amide bonds. The van der Waals surface area contributed by atoms with Crippen LogP contribution < -0.4 is 20.9 Å². The average Bonchev–Trinajstić information content (AvgIpc) is 2.47. The van der Waals surface area contributed by atoms with Gasteiger partial charge in [0.05, 0.1) is 26.2 Å². The lowest BCUT2D eigenvalue weighted by Gasteiger charge is -2.35. The number of piperazine rings is 1. The van der Waals surface area contributed by atoms with E-state index in [0.717, 1.165) is 36.8 Å². The van der Waals surface area contributed by atoms with Crippen molar-refractivity contribution >= 4 is 17.6 Å². The van der Waals surface area contributed by atoms with Gasteiger partial charge in [0, 0.05) is 5.69 Å². The average molecular weight is 295 g/mol. The molecule has 1 aromatic carbocycles. The van der Waals surface area contributed by atoms with E-state index in [1.54, 1.807) is 19.1 Å². The molecule has 1 atom stereocenters. The summed E-state index contributed by atoms with van der Waals surface area (Å²) in [5.41, 5.74) is 5.93. The van der Waals surface area contributed by atoms with Gasteiger partial charge in [0.2, 0.25) is 0 Å². The molecule has 0 aliphatic carbocycles. The molecule has 114 valence electrons. The standard InChI is InChI=1S/C14H19FN4O2/c1-10(13(20)17-14(16)21)18-6-8-19(9-7-18)12-4-2-11(15)3-5-12/h2-5,10H,6-9H2,1H3,(H3,16,17,20,21)/p+1/t10-/m1/s1. The highest BCUT2D eigenvalue weighted by Crippen LogP contribution is 2.14. The summed E-state index contributed by atoms with van der Waals surface area (Å²) in [6, 6.07) is 5.24. The predicted molar refractivity (Wildman–Crippen MR) is 76.5 cm³/mol. The van der Waals surface area contributed by atoms with Crippen molar-refractivity contribution in [3.8, 4) is 0 Å². The van der Waals surface area contributed by atoms with E-state index in [-0.39, 0.29) is 17.8 Å². The zero-order chi connectivity index (χ0) is 15.4. The third-order valence-electron chi connectivity index (χ3n) is 3.85. The lowest BCUT2D eigenvalue weighted by molar-refractivity contribution is -0.914. The zero-order valence-corrected chi connectivity index (χ0v) is 11.9. The maximum Gasteiger partial charge on any atom is 0.319 e. The van der Waals surface area contributed by atoms with Gasteiger partial charge in [-0.05, 0) is 31.2 Å². The minimum atomic E-state index is -0.823. The monoisotopic (exact) mass is 295 g/mol. The quantitative estimate of drug-likeness (QED) is 0.677. The first-order chi connectivity index (χ1) is 9.97. The number of nitrogens with zero attached hydrogens (tertiary/aromatic N) is 1. The Hall–Kier alpha value is -2.15. The molecule has 0 radical (unpaired) electrons. The first-order valence-electron chi connectivity index (χ1n) is 6.93. The van der Waals surface area contributed by atoms with Crippen LogP contribution in [0.2, 0.25) is 0 Å². The van der Waals surface area contributed by atoms with Gasteiger partial charge in [-0.2, -0.15) is 0 Å². The van der Waals surface area contributed by atoms with Crippen LogP contribution in [0.3, 0.4) is 0 Å². The van der Waals surface area contributed by atoms with E-state index in [2.05, 4.69) is 10.2 Å². The van der Waals surface area contributed by atoms with E-state index in [1.807, 2.05) is 0 Å². The van der Waals surface area contributed by atoms with Gasteiger partial charge in [-0.1, -0.05) is 0 Å². The molecule has 1 aliphatic heterocycles. The van der Waals surface area contributed by atoms with Crippen LogP contribution in [0, 0.1) is 5.82 Å². The van der Waals surface area contributed by atoms with Crippen LogP contribution in [-0.2, 0) is 4.79 Å². The Bertz CT molecular complexity index is 512. The Balaban J connectivity index is 1.89. The fourth-order valence-corrected chi connectivity index (χ4v) is 2.55. The minimum Gasteiger partial charge on any atom is -0.360 e. The van der Waals surface area contributed by atoms with Gasteiger partial charge in [-0.15, -0.1) is 0 Å². The largest absolute Gasteiger partial charge is 0.360 e. The van der Waals surface area contributed by atoms with Crippen molar-refractivity contribution in [1.82, 2.24) is 5.32 Å². The number of nitrogens with one attached hydrogen (secondary N) is 2. The molecular formula is C14H20FN4O2+. The van der Waals surface area contributed by atoms with E-state index in [0.29, 0.717) is 0 Å². The summed E-state index contributed by atoms with van der Waals surface area (Å²) >= 11 is 0. The number of imide groups is 1. The second kappa shape index (κ2) is 6.53. The van der Waals surface area contributed by atoms with Gasteiger partial charge in [0.25, 0.3) is 5.91 Å². The van der Waals surface area contributed by atoms with Gasteiger partial charge >= 0.3 is 6.03 Å². The van der Waals surface area contributed by atoms with Gasteiger partial charge in [-0.25, -0.2) is 9.18 Å². The normalized spacial score (nSPS) is 17.3. The second-order valence-electron chi connectivity index (χ2n) is 5.20. The second-order valence-corrected chi connectivity index (χ2v) is 5.20. The van der Waals surface area contributed by atoms with Gasteiger partial charge in [0.1, 0.15) is 5.82 Å². The number of benzene rings is 1. The Morgan fingerprint density at radius 3 is 2.38 bits per heavy atom. The van der Waals surface area contributed by atoms with Gasteiger partial charge in [0.15, 0.2) is 6.04 Å². The highest BCUT2D eigenvalue weighted by molar-refractivity contribution is 5.95. The van der Waals surface area contributed by atoms with E-state index in [1.165, 1.54) is 12.1 Å². The van der Waals surface area contributed by atoms with Crippen molar-refractivity contribution < 1.29 is 18.9 Å². The van der Waals surface area contributed by atoms with Gasteiger partial charge in [-0.3, -0.25) is 10.1 Å². The van der Waals surface area contributed by atoms with Crippen molar-refractivity contribution in [2.45, 2.75) is 13.0 Å². The lowest BCUT2D eigenvalue weighted by atomic mass is 10.2. The smallest absolute Gasteiger partial charge is 0.319 e. The minimum absolute atomic E-state index is 0.250.